The molecule has 0 aromatic rings. The van der Waals surface area contributed by atoms with E-state index in [1.54, 1.807) is 0 Å². The lowest BCUT2D eigenvalue weighted by Gasteiger charge is -1.85. The van der Waals surface area contributed by atoms with E-state index in [1.165, 1.54) is 6.26 Å². The third kappa shape index (κ3) is 4.32. The van der Waals surface area contributed by atoms with Gasteiger partial charge in [-0.2, -0.15) is 0 Å². The van der Waals surface area contributed by atoms with E-state index in [1.807, 2.05) is 0 Å². The molecule has 4 nitrogen and oxygen atoms in total. The maximum absolute atomic E-state index is 10.6. The molecule has 11 heavy (non-hydrogen) atoms. The summed E-state index contributed by atoms with van der Waals surface area (Å²) in [5, 5.41) is 7.40. The summed E-state index contributed by atoms with van der Waals surface area (Å²) >= 11 is 0.752. The van der Waals surface area contributed by atoms with Crippen LogP contribution in [0, 0.1) is 0 Å². The van der Waals surface area contributed by atoms with E-state index in [4.69, 9.17) is 5.11 Å². The van der Waals surface area contributed by atoms with E-state index in [-0.39, 0.29) is 0 Å². The number of carbonyl (C=O) groups is 3. The number of aliphatic carboxylic acids is 1. The molecule has 0 atom stereocenters. The van der Waals surface area contributed by atoms with Gasteiger partial charge in [-0.25, -0.2) is 4.79 Å². The molecule has 0 saturated carbocycles. The lowest BCUT2D eigenvalue weighted by Crippen LogP contribution is -2.05. The molecule has 0 amide bonds. The summed E-state index contributed by atoms with van der Waals surface area (Å²) in [5.41, 5.74) is 0. The van der Waals surface area contributed by atoms with E-state index in [0.29, 0.717) is 6.08 Å². The molecule has 0 spiro atoms. The van der Waals surface area contributed by atoms with Crippen molar-refractivity contribution >= 4 is 28.6 Å². The highest BCUT2D eigenvalue weighted by atomic mass is 32.2. The fourth-order valence-corrected chi connectivity index (χ4v) is 0.585. The maximum Gasteiger partial charge on any atom is 0.328 e. The zero-order valence-electron chi connectivity index (χ0n) is 5.73. The summed E-state index contributed by atoms with van der Waals surface area (Å²) < 4.78 is 0. The summed E-state index contributed by atoms with van der Waals surface area (Å²) in [6, 6.07) is 0. The van der Waals surface area contributed by atoms with E-state index in [2.05, 4.69) is 0 Å². The van der Waals surface area contributed by atoms with Crippen LogP contribution in [-0.4, -0.2) is 28.2 Å². The van der Waals surface area contributed by atoms with Gasteiger partial charge in [-0.1, -0.05) is 11.8 Å². The van der Waals surface area contributed by atoms with Crippen LogP contribution in [0.3, 0.4) is 0 Å². The number of hydrogen-bond donors (Lipinski definition) is 1. The molecule has 0 aromatic carbocycles. The van der Waals surface area contributed by atoms with Gasteiger partial charge in [0.1, 0.15) is 0 Å². The minimum atomic E-state index is -1.24. The van der Waals surface area contributed by atoms with E-state index >= 15 is 0 Å². The van der Waals surface area contributed by atoms with Gasteiger partial charge in [0.25, 0.3) is 5.12 Å². The van der Waals surface area contributed by atoms with Gasteiger partial charge in [0.2, 0.25) is 5.78 Å². The summed E-state index contributed by atoms with van der Waals surface area (Å²) in [4.78, 5) is 30.9. The Morgan fingerprint density at radius 1 is 1.27 bits per heavy atom. The zero-order valence-corrected chi connectivity index (χ0v) is 6.55. The monoisotopic (exact) mass is 174 g/mol. The van der Waals surface area contributed by atoms with Crippen LogP contribution in [0.4, 0.5) is 0 Å². The second-order valence-corrected chi connectivity index (χ2v) is 2.31. The molecule has 0 unspecified atom stereocenters. The topological polar surface area (TPSA) is 71.4 Å². The zero-order chi connectivity index (χ0) is 8.85. The highest BCUT2D eigenvalue weighted by Gasteiger charge is 2.07. The smallest absolute Gasteiger partial charge is 0.328 e. The largest absolute Gasteiger partial charge is 0.478 e. The number of rotatable bonds is 3. The summed E-state index contributed by atoms with van der Waals surface area (Å²) in [6.45, 7) is 0. The summed E-state index contributed by atoms with van der Waals surface area (Å²) in [5.74, 6) is -2.05. The fourth-order valence-electron chi connectivity index (χ4n) is 0.316. The Balaban J connectivity index is 4.08. The maximum atomic E-state index is 10.6. The molecule has 0 aliphatic carbocycles. The van der Waals surface area contributed by atoms with Crippen molar-refractivity contribution < 1.29 is 19.5 Å². The highest BCUT2D eigenvalue weighted by Crippen LogP contribution is 1.95. The molecule has 0 bridgehead atoms. The Kier molecular flexibility index (Phi) is 4.21. The van der Waals surface area contributed by atoms with Gasteiger partial charge in [-0.15, -0.1) is 0 Å². The summed E-state index contributed by atoms with van der Waals surface area (Å²) in [6.07, 6.45) is 2.83. The molecule has 0 aromatic heterocycles. The van der Waals surface area contributed by atoms with Crippen molar-refractivity contribution in [1.29, 1.82) is 0 Å². The van der Waals surface area contributed by atoms with Gasteiger partial charge in [0, 0.05) is 6.08 Å². The van der Waals surface area contributed by atoms with Crippen LogP contribution in [0.2, 0.25) is 0 Å². The number of ketones is 1. The van der Waals surface area contributed by atoms with Crippen LogP contribution in [0.15, 0.2) is 12.2 Å². The van der Waals surface area contributed by atoms with Crippen molar-refractivity contribution in [3.05, 3.63) is 12.2 Å². The molecular formula is C6H6O4S. The lowest BCUT2D eigenvalue weighted by atomic mass is 10.4. The van der Waals surface area contributed by atoms with Gasteiger partial charge >= 0.3 is 5.97 Å². The number of carbonyl (C=O) groups excluding carboxylic acids is 2. The fraction of sp³-hybridized carbons (Fsp3) is 0.167. The van der Waals surface area contributed by atoms with Crippen molar-refractivity contribution in [3.8, 4) is 0 Å². The average Bonchev–Trinajstić information content (AvgIpc) is 1.98. The number of hydrogen-bond acceptors (Lipinski definition) is 4. The number of thioether (sulfide) groups is 1. The highest BCUT2D eigenvalue weighted by molar-refractivity contribution is 8.14. The van der Waals surface area contributed by atoms with E-state index in [0.717, 1.165) is 17.8 Å². The van der Waals surface area contributed by atoms with E-state index < -0.39 is 16.9 Å². The molecular weight excluding hydrogens is 168 g/mol. The van der Waals surface area contributed by atoms with Crippen LogP contribution in [-0.2, 0) is 14.4 Å². The van der Waals surface area contributed by atoms with Crippen molar-refractivity contribution in [1.82, 2.24) is 0 Å². The van der Waals surface area contributed by atoms with Crippen LogP contribution in [0.25, 0.3) is 0 Å². The summed E-state index contributed by atoms with van der Waals surface area (Å²) in [7, 11) is 0. The SMILES string of the molecule is CSC(=O)C(=O)/C=C/C(=O)O. The van der Waals surface area contributed by atoms with Gasteiger partial charge in [0.05, 0.1) is 0 Å². The second kappa shape index (κ2) is 4.68. The predicted molar refractivity (Wildman–Crippen MR) is 40.3 cm³/mol. The van der Waals surface area contributed by atoms with Crippen LogP contribution in [0.5, 0.6) is 0 Å². The number of carboxylic acids is 1. The standard InChI is InChI=1S/C6H6O4S/c1-11-6(10)4(7)2-3-5(8)9/h2-3H,1H3,(H,8,9)/b3-2+. The first-order valence-electron chi connectivity index (χ1n) is 2.61. The van der Waals surface area contributed by atoms with Gasteiger partial charge in [-0.05, 0) is 12.3 Å². The molecule has 60 valence electrons. The second-order valence-electron chi connectivity index (χ2n) is 1.53. The normalized spacial score (nSPS) is 9.91. The van der Waals surface area contributed by atoms with Gasteiger partial charge < -0.3 is 5.11 Å². The predicted octanol–water partition coefficient (Wildman–Crippen LogP) is 0.0859. The van der Waals surface area contributed by atoms with Gasteiger partial charge in [-0.3, -0.25) is 9.59 Å². The van der Waals surface area contributed by atoms with Crippen LogP contribution in [0.1, 0.15) is 0 Å². The Labute approximate surface area is 67.3 Å². The van der Waals surface area contributed by atoms with Crippen LogP contribution < -0.4 is 0 Å². The molecule has 1 N–H and O–H groups in total. The molecule has 0 fully saturated rings. The molecule has 0 aliphatic rings. The lowest BCUT2D eigenvalue weighted by molar-refractivity contribution is -0.132. The number of allylic oxidation sites excluding steroid dienone is 1. The van der Waals surface area contributed by atoms with Crippen molar-refractivity contribution in [2.24, 2.45) is 0 Å². The van der Waals surface area contributed by atoms with E-state index in [9.17, 15) is 14.4 Å². The minimum Gasteiger partial charge on any atom is -0.478 e. The molecule has 0 saturated heterocycles. The Hall–Kier alpha value is -1.10. The van der Waals surface area contributed by atoms with Crippen LogP contribution >= 0.6 is 11.8 Å². The van der Waals surface area contributed by atoms with Crippen molar-refractivity contribution in [2.45, 2.75) is 0 Å². The number of carboxylic acid groups (broad SMARTS) is 1. The minimum absolute atomic E-state index is 0.635. The Morgan fingerprint density at radius 2 is 1.82 bits per heavy atom. The third-order valence-electron chi connectivity index (χ3n) is 0.764. The first kappa shape index (κ1) is 9.90. The Bertz CT molecular complexity index is 219. The first-order valence-corrected chi connectivity index (χ1v) is 3.83. The molecule has 0 aliphatic heterocycles. The third-order valence-corrected chi connectivity index (χ3v) is 1.34. The molecule has 0 radical (unpaired) electrons. The molecule has 0 rings (SSSR count). The molecule has 0 heterocycles. The quantitative estimate of drug-likeness (QED) is 0.484. The Morgan fingerprint density at radius 3 is 2.18 bits per heavy atom. The van der Waals surface area contributed by atoms with Crippen molar-refractivity contribution in [2.75, 3.05) is 6.26 Å². The van der Waals surface area contributed by atoms with Crippen molar-refractivity contribution in [3.63, 3.8) is 0 Å². The average molecular weight is 174 g/mol. The molecule has 5 heteroatoms. The van der Waals surface area contributed by atoms with Gasteiger partial charge in [0.15, 0.2) is 0 Å². The first-order chi connectivity index (χ1) is 5.07.